The summed E-state index contributed by atoms with van der Waals surface area (Å²) in [4.78, 5) is 4.46. The van der Waals surface area contributed by atoms with E-state index in [4.69, 9.17) is 11.7 Å². The highest BCUT2D eigenvalue weighted by Gasteiger charge is 2.08. The summed E-state index contributed by atoms with van der Waals surface area (Å²) < 4.78 is 0. The molecule has 0 atom stereocenters. The molecular weight excluding hydrogens is 258 g/mol. The van der Waals surface area contributed by atoms with E-state index in [9.17, 15) is 0 Å². The monoisotopic (exact) mass is 269 g/mol. The van der Waals surface area contributed by atoms with Crippen LogP contribution in [-0.4, -0.2) is 4.98 Å². The number of hydrogen-bond donors (Lipinski definition) is 1. The van der Waals surface area contributed by atoms with Crippen molar-refractivity contribution < 1.29 is 0 Å². The van der Waals surface area contributed by atoms with Gasteiger partial charge >= 0.3 is 0 Å². The van der Waals surface area contributed by atoms with Crippen LogP contribution in [0.3, 0.4) is 0 Å². The zero-order valence-corrected chi connectivity index (χ0v) is 11.2. The summed E-state index contributed by atoms with van der Waals surface area (Å²) in [5.41, 5.74) is 2.84. The quantitative estimate of drug-likeness (QED) is 0.792. The van der Waals surface area contributed by atoms with Gasteiger partial charge in [-0.05, 0) is 24.3 Å². The van der Waals surface area contributed by atoms with Gasteiger partial charge in [-0.15, -0.1) is 6.42 Å². The maximum Gasteiger partial charge on any atom is 0.100 e. The van der Waals surface area contributed by atoms with E-state index in [-0.39, 0.29) is 0 Å². The van der Waals surface area contributed by atoms with E-state index in [1.54, 1.807) is 12.3 Å². The second-order valence-corrected chi connectivity index (χ2v) is 4.52. The summed E-state index contributed by atoms with van der Waals surface area (Å²) in [6.45, 7) is 0. The first-order valence-electron chi connectivity index (χ1n) is 6.43. The van der Waals surface area contributed by atoms with Crippen LogP contribution < -0.4 is 15.9 Å². The summed E-state index contributed by atoms with van der Waals surface area (Å²) in [6.07, 6.45) is 14.9. The Balaban J connectivity index is 2.26. The van der Waals surface area contributed by atoms with Crippen molar-refractivity contribution in [2.45, 2.75) is 0 Å². The zero-order valence-electron chi connectivity index (χ0n) is 11.2. The fourth-order valence-electron chi connectivity index (χ4n) is 2.27. The molecule has 0 amide bonds. The lowest BCUT2D eigenvalue weighted by atomic mass is 9.97. The molecular formula is C18H11N3. The van der Waals surface area contributed by atoms with Crippen LogP contribution in [0, 0.1) is 23.7 Å². The van der Waals surface area contributed by atoms with E-state index in [2.05, 4.69) is 22.3 Å². The number of nitrogens with one attached hydrogen (secondary N) is 1. The third kappa shape index (κ3) is 2.29. The fraction of sp³-hybridized carbons (Fsp3) is 0. The first-order chi connectivity index (χ1) is 10.3. The number of nitrogens with zero attached hydrogens (tertiary/aromatic N) is 2. The number of nitriles is 1. The predicted molar refractivity (Wildman–Crippen MR) is 82.8 cm³/mol. The maximum absolute atomic E-state index is 9.16. The number of terminal acetylenes is 1. The molecule has 0 bridgehead atoms. The molecule has 21 heavy (non-hydrogen) atoms. The van der Waals surface area contributed by atoms with Crippen LogP contribution in [0.5, 0.6) is 0 Å². The van der Waals surface area contributed by atoms with Gasteiger partial charge in [-0.1, -0.05) is 18.1 Å². The van der Waals surface area contributed by atoms with E-state index >= 15 is 0 Å². The number of rotatable bonds is 1. The smallest absolute Gasteiger partial charge is 0.100 e. The summed E-state index contributed by atoms with van der Waals surface area (Å²) in [7, 11) is 0. The zero-order chi connectivity index (χ0) is 14.7. The van der Waals surface area contributed by atoms with Gasteiger partial charge in [0.15, 0.2) is 0 Å². The molecule has 0 fully saturated rings. The van der Waals surface area contributed by atoms with Gasteiger partial charge in [-0.2, -0.15) is 5.26 Å². The Kier molecular flexibility index (Phi) is 3.25. The molecule has 1 aliphatic rings. The SMILES string of the molecule is C#Cc1c(C#N)cccc1-c1cnc2c(c1)=CNC=CC=2. The van der Waals surface area contributed by atoms with Gasteiger partial charge in [0.1, 0.15) is 6.07 Å². The predicted octanol–water partition coefficient (Wildman–Crippen LogP) is 1.24. The van der Waals surface area contributed by atoms with Crippen molar-refractivity contribution in [3.8, 4) is 29.5 Å². The maximum atomic E-state index is 9.16. The van der Waals surface area contributed by atoms with E-state index in [0.29, 0.717) is 11.1 Å². The first-order valence-corrected chi connectivity index (χ1v) is 6.43. The average Bonchev–Trinajstić information content (AvgIpc) is 2.78. The lowest BCUT2D eigenvalue weighted by molar-refractivity contribution is 1.20. The Morgan fingerprint density at radius 3 is 3.00 bits per heavy atom. The van der Waals surface area contributed by atoms with Crippen LogP contribution in [0.15, 0.2) is 42.7 Å². The molecule has 0 radical (unpaired) electrons. The molecule has 1 N–H and O–H groups in total. The highest BCUT2D eigenvalue weighted by Crippen LogP contribution is 2.23. The third-order valence-corrected chi connectivity index (χ3v) is 3.28. The number of aromatic nitrogens is 1. The van der Waals surface area contributed by atoms with Crippen LogP contribution in [0.25, 0.3) is 23.4 Å². The highest BCUT2D eigenvalue weighted by molar-refractivity contribution is 5.73. The number of fused-ring (bicyclic) bond motifs is 1. The van der Waals surface area contributed by atoms with Crippen molar-refractivity contribution in [2.75, 3.05) is 0 Å². The van der Waals surface area contributed by atoms with Crippen molar-refractivity contribution >= 4 is 12.3 Å². The van der Waals surface area contributed by atoms with Gasteiger partial charge in [-0.3, -0.25) is 4.98 Å². The Labute approximate surface area is 122 Å². The molecule has 1 aromatic carbocycles. The number of pyridine rings is 1. The van der Waals surface area contributed by atoms with Crippen LogP contribution >= 0.6 is 0 Å². The Hall–Kier alpha value is -3.30. The fourth-order valence-corrected chi connectivity index (χ4v) is 2.27. The lowest BCUT2D eigenvalue weighted by Crippen LogP contribution is -2.28. The lowest BCUT2D eigenvalue weighted by Gasteiger charge is -2.06. The third-order valence-electron chi connectivity index (χ3n) is 3.28. The topological polar surface area (TPSA) is 48.7 Å². The van der Waals surface area contributed by atoms with E-state index < -0.39 is 0 Å². The minimum absolute atomic E-state index is 0.500. The molecule has 1 aromatic heterocycles. The van der Waals surface area contributed by atoms with Gasteiger partial charge < -0.3 is 5.32 Å². The Morgan fingerprint density at radius 1 is 1.29 bits per heavy atom. The summed E-state index contributed by atoms with van der Waals surface area (Å²) in [5.74, 6) is 2.61. The Bertz CT molecular complexity index is 938. The normalized spacial score (nSPS) is 11.7. The summed E-state index contributed by atoms with van der Waals surface area (Å²) in [5, 5.41) is 14.1. The first kappa shape index (κ1) is 12.7. The van der Waals surface area contributed by atoms with Crippen LogP contribution in [0.4, 0.5) is 0 Å². The largest absolute Gasteiger partial charge is 0.367 e. The van der Waals surface area contributed by atoms with Crippen molar-refractivity contribution in [1.82, 2.24) is 10.3 Å². The van der Waals surface area contributed by atoms with Crippen molar-refractivity contribution in [3.05, 3.63) is 64.4 Å². The molecule has 2 aromatic rings. The average molecular weight is 269 g/mol. The van der Waals surface area contributed by atoms with E-state index in [1.165, 1.54) is 0 Å². The second kappa shape index (κ2) is 5.36. The van der Waals surface area contributed by atoms with Gasteiger partial charge in [-0.25, -0.2) is 0 Å². The van der Waals surface area contributed by atoms with E-state index in [0.717, 1.165) is 21.7 Å². The van der Waals surface area contributed by atoms with Crippen molar-refractivity contribution in [3.63, 3.8) is 0 Å². The minimum Gasteiger partial charge on any atom is -0.367 e. The highest BCUT2D eigenvalue weighted by atomic mass is 14.8. The van der Waals surface area contributed by atoms with Crippen molar-refractivity contribution in [2.24, 2.45) is 0 Å². The van der Waals surface area contributed by atoms with E-state index in [1.807, 2.05) is 42.8 Å². The molecule has 0 saturated heterocycles. The minimum atomic E-state index is 0.500. The molecule has 0 saturated carbocycles. The molecule has 0 unspecified atom stereocenters. The number of hydrogen-bond acceptors (Lipinski definition) is 3. The number of benzene rings is 1. The summed E-state index contributed by atoms with van der Waals surface area (Å²) >= 11 is 0. The molecule has 3 heteroatoms. The Morgan fingerprint density at radius 2 is 2.19 bits per heavy atom. The molecule has 2 heterocycles. The summed E-state index contributed by atoms with van der Waals surface area (Å²) in [6, 6.07) is 9.60. The van der Waals surface area contributed by atoms with Crippen LogP contribution in [0.1, 0.15) is 11.1 Å². The standard InChI is InChI=1S/C18H11N3/c1-2-16-13(10-19)5-3-6-17(16)14-9-15-11-20-8-4-7-18(15)21-12-14/h1,3-9,11-12,20H. The molecule has 98 valence electrons. The van der Waals surface area contributed by atoms with Crippen LogP contribution in [-0.2, 0) is 0 Å². The molecule has 0 spiro atoms. The van der Waals surface area contributed by atoms with Crippen LogP contribution in [0.2, 0.25) is 0 Å². The van der Waals surface area contributed by atoms with Crippen molar-refractivity contribution in [1.29, 1.82) is 5.26 Å². The number of allylic oxidation sites excluding steroid dienone is 1. The molecule has 0 aliphatic carbocycles. The van der Waals surface area contributed by atoms with Gasteiger partial charge in [0.25, 0.3) is 0 Å². The molecule has 3 nitrogen and oxygen atoms in total. The molecule has 3 rings (SSSR count). The second-order valence-electron chi connectivity index (χ2n) is 4.52. The van der Waals surface area contributed by atoms with Gasteiger partial charge in [0, 0.05) is 40.5 Å². The van der Waals surface area contributed by atoms with Gasteiger partial charge in [0.2, 0.25) is 0 Å². The molecule has 1 aliphatic heterocycles. The van der Waals surface area contributed by atoms with Gasteiger partial charge in [0.05, 0.1) is 10.9 Å².